The second-order valence-electron chi connectivity index (χ2n) is 4.95. The first-order valence-corrected chi connectivity index (χ1v) is 7.36. The van der Waals surface area contributed by atoms with Crippen molar-refractivity contribution in [3.63, 3.8) is 0 Å². The fraction of sp³-hybridized carbons (Fsp3) is 0.846. The molecular formula is C13H25NOS. The van der Waals surface area contributed by atoms with Crippen LogP contribution in [-0.2, 0) is 4.74 Å². The highest BCUT2D eigenvalue weighted by Gasteiger charge is 2.16. The highest BCUT2D eigenvalue weighted by atomic mass is 32.2. The van der Waals surface area contributed by atoms with Gasteiger partial charge in [-0.2, -0.15) is 0 Å². The predicted octanol–water partition coefficient (Wildman–Crippen LogP) is 3.95. The molecule has 0 spiro atoms. The Morgan fingerprint density at radius 3 is 2.44 bits per heavy atom. The zero-order chi connectivity index (χ0) is 12.0. The molecule has 0 aromatic rings. The lowest BCUT2D eigenvalue weighted by molar-refractivity contribution is 0.172. The van der Waals surface area contributed by atoms with Gasteiger partial charge in [-0.25, -0.2) is 0 Å². The van der Waals surface area contributed by atoms with Gasteiger partial charge in [0.2, 0.25) is 0 Å². The second kappa shape index (κ2) is 7.10. The molecule has 1 rings (SSSR count). The summed E-state index contributed by atoms with van der Waals surface area (Å²) in [5, 5.41) is 0. The molecule has 0 atom stereocenters. The minimum absolute atomic E-state index is 0.463. The number of rotatable bonds is 2. The zero-order valence-electron chi connectivity index (χ0n) is 11.0. The highest BCUT2D eigenvalue weighted by molar-refractivity contribution is 7.97. The Morgan fingerprint density at radius 1 is 1.06 bits per heavy atom. The van der Waals surface area contributed by atoms with E-state index in [1.807, 2.05) is 11.9 Å². The summed E-state index contributed by atoms with van der Waals surface area (Å²) in [6, 6.07) is 0. The number of allylic oxidation sites excluding steroid dienone is 2. The van der Waals surface area contributed by atoms with Crippen LogP contribution >= 0.6 is 11.9 Å². The molecule has 0 aromatic heterocycles. The van der Waals surface area contributed by atoms with Crippen molar-refractivity contribution in [1.82, 2.24) is 4.72 Å². The third kappa shape index (κ3) is 4.28. The van der Waals surface area contributed by atoms with E-state index in [1.54, 1.807) is 0 Å². The Morgan fingerprint density at radius 2 is 1.81 bits per heavy atom. The first-order valence-electron chi connectivity index (χ1n) is 6.37. The van der Waals surface area contributed by atoms with Gasteiger partial charge in [-0.15, -0.1) is 0 Å². The molecule has 3 heteroatoms. The molecule has 0 unspecified atom stereocenters. The molecule has 0 saturated carbocycles. The zero-order valence-corrected chi connectivity index (χ0v) is 11.8. The molecule has 1 aliphatic rings. The van der Waals surface area contributed by atoms with Crippen molar-refractivity contribution in [3.05, 3.63) is 11.5 Å². The van der Waals surface area contributed by atoms with Crippen LogP contribution < -0.4 is 4.72 Å². The maximum atomic E-state index is 5.96. The van der Waals surface area contributed by atoms with Gasteiger partial charge in [0.05, 0.1) is 12.3 Å². The third-order valence-corrected chi connectivity index (χ3v) is 3.55. The lowest BCUT2D eigenvalue weighted by atomic mass is 10.0. The number of ether oxygens (including phenoxy) is 1. The summed E-state index contributed by atoms with van der Waals surface area (Å²) >= 11 is 1.82. The fourth-order valence-electron chi connectivity index (χ4n) is 1.77. The highest BCUT2D eigenvalue weighted by Crippen LogP contribution is 2.24. The van der Waals surface area contributed by atoms with E-state index in [1.165, 1.54) is 30.7 Å². The van der Waals surface area contributed by atoms with E-state index in [-0.39, 0.29) is 0 Å². The fourth-order valence-corrected chi connectivity index (χ4v) is 2.71. The average molecular weight is 243 g/mol. The van der Waals surface area contributed by atoms with Crippen molar-refractivity contribution in [2.75, 3.05) is 12.4 Å². The number of nitrogens with one attached hydrogen (secondary N) is 1. The van der Waals surface area contributed by atoms with E-state index < -0.39 is 0 Å². The summed E-state index contributed by atoms with van der Waals surface area (Å²) in [5.41, 5.74) is 1.28. The Labute approximate surface area is 104 Å². The Balaban J connectivity index is 2.82. The Bertz CT molecular complexity index is 212. The van der Waals surface area contributed by atoms with E-state index in [2.05, 4.69) is 32.4 Å². The van der Waals surface area contributed by atoms with Gasteiger partial charge in [-0.3, -0.25) is 0 Å². The second-order valence-corrected chi connectivity index (χ2v) is 5.85. The molecule has 94 valence electrons. The van der Waals surface area contributed by atoms with Gasteiger partial charge >= 0.3 is 0 Å². The molecule has 0 radical (unpaired) electrons. The maximum absolute atomic E-state index is 5.96. The third-order valence-electron chi connectivity index (χ3n) is 2.70. The minimum atomic E-state index is 0.463. The van der Waals surface area contributed by atoms with Gasteiger partial charge in [-0.05, 0) is 25.2 Å². The molecule has 0 aliphatic carbocycles. The SMILES string of the molecule is CC(C)/C1=C(\C(C)C)OCCCCCSN1. The van der Waals surface area contributed by atoms with Crippen molar-refractivity contribution in [3.8, 4) is 0 Å². The summed E-state index contributed by atoms with van der Waals surface area (Å²) in [6.07, 6.45) is 3.74. The molecular weight excluding hydrogens is 218 g/mol. The Hall–Kier alpha value is -0.310. The first-order chi connectivity index (χ1) is 7.63. The van der Waals surface area contributed by atoms with Gasteiger partial charge in [0.1, 0.15) is 5.76 Å². The monoisotopic (exact) mass is 243 g/mol. The van der Waals surface area contributed by atoms with E-state index in [0.29, 0.717) is 11.8 Å². The smallest absolute Gasteiger partial charge is 0.118 e. The van der Waals surface area contributed by atoms with E-state index in [9.17, 15) is 0 Å². The van der Waals surface area contributed by atoms with Crippen molar-refractivity contribution in [1.29, 1.82) is 0 Å². The van der Waals surface area contributed by atoms with Crippen LogP contribution in [0, 0.1) is 11.8 Å². The van der Waals surface area contributed by atoms with Crippen LogP contribution in [0.3, 0.4) is 0 Å². The minimum Gasteiger partial charge on any atom is -0.496 e. The summed E-state index contributed by atoms with van der Waals surface area (Å²) in [5.74, 6) is 3.32. The molecule has 1 aliphatic heterocycles. The lowest BCUT2D eigenvalue weighted by Gasteiger charge is -2.23. The lowest BCUT2D eigenvalue weighted by Crippen LogP contribution is -2.19. The van der Waals surface area contributed by atoms with Crippen molar-refractivity contribution in [2.24, 2.45) is 11.8 Å². The van der Waals surface area contributed by atoms with Crippen LogP contribution in [0.4, 0.5) is 0 Å². The van der Waals surface area contributed by atoms with Crippen LogP contribution in [0.15, 0.2) is 11.5 Å². The van der Waals surface area contributed by atoms with Crippen LogP contribution in [-0.4, -0.2) is 12.4 Å². The first kappa shape index (κ1) is 13.8. The quantitative estimate of drug-likeness (QED) is 0.742. The number of hydrogen-bond acceptors (Lipinski definition) is 3. The normalized spacial score (nSPS) is 24.1. The number of hydrogen-bond donors (Lipinski definition) is 1. The summed E-state index contributed by atoms with van der Waals surface area (Å²) in [7, 11) is 0. The van der Waals surface area contributed by atoms with Crippen molar-refractivity contribution in [2.45, 2.75) is 47.0 Å². The van der Waals surface area contributed by atoms with Crippen LogP contribution in [0.2, 0.25) is 0 Å². The van der Waals surface area contributed by atoms with E-state index >= 15 is 0 Å². The van der Waals surface area contributed by atoms with Crippen LogP contribution in [0.5, 0.6) is 0 Å². The largest absolute Gasteiger partial charge is 0.496 e. The van der Waals surface area contributed by atoms with Crippen LogP contribution in [0.1, 0.15) is 47.0 Å². The average Bonchev–Trinajstić information content (AvgIpc) is 2.24. The van der Waals surface area contributed by atoms with E-state index in [4.69, 9.17) is 4.74 Å². The molecule has 0 bridgehead atoms. The van der Waals surface area contributed by atoms with Gasteiger partial charge < -0.3 is 9.46 Å². The van der Waals surface area contributed by atoms with Gasteiger partial charge in [0, 0.05) is 11.7 Å². The summed E-state index contributed by atoms with van der Waals surface area (Å²) in [6.45, 7) is 9.72. The van der Waals surface area contributed by atoms with Gasteiger partial charge in [0.15, 0.2) is 0 Å². The summed E-state index contributed by atoms with van der Waals surface area (Å²) < 4.78 is 9.45. The molecule has 16 heavy (non-hydrogen) atoms. The topological polar surface area (TPSA) is 21.3 Å². The molecule has 0 amide bonds. The molecule has 1 heterocycles. The molecule has 0 aromatic carbocycles. The Kier molecular flexibility index (Phi) is 6.10. The maximum Gasteiger partial charge on any atom is 0.118 e. The molecule has 0 saturated heterocycles. The van der Waals surface area contributed by atoms with Crippen molar-refractivity contribution < 1.29 is 4.74 Å². The molecule has 2 nitrogen and oxygen atoms in total. The van der Waals surface area contributed by atoms with Crippen LogP contribution in [0.25, 0.3) is 0 Å². The molecule has 0 fully saturated rings. The van der Waals surface area contributed by atoms with Crippen molar-refractivity contribution >= 4 is 11.9 Å². The summed E-state index contributed by atoms with van der Waals surface area (Å²) in [4.78, 5) is 0. The standard InChI is InChI=1S/C13H25NOS/c1-10(2)12-13(11(3)4)15-8-6-5-7-9-16-14-12/h10-11,14H,5-9H2,1-4H3/b13-12-. The predicted molar refractivity (Wildman–Crippen MR) is 72.1 cm³/mol. The van der Waals surface area contributed by atoms with Gasteiger partial charge in [0.25, 0.3) is 0 Å². The molecule has 1 N–H and O–H groups in total. The van der Waals surface area contributed by atoms with E-state index in [0.717, 1.165) is 12.4 Å². The van der Waals surface area contributed by atoms with Gasteiger partial charge in [-0.1, -0.05) is 39.6 Å².